The third-order valence-corrected chi connectivity index (χ3v) is 2.43. The van der Waals surface area contributed by atoms with Crippen molar-refractivity contribution in [2.24, 2.45) is 0 Å². The van der Waals surface area contributed by atoms with E-state index in [1.54, 1.807) is 6.20 Å². The van der Waals surface area contributed by atoms with Crippen molar-refractivity contribution in [2.45, 2.75) is 20.1 Å². The Morgan fingerprint density at radius 2 is 2.06 bits per heavy atom. The van der Waals surface area contributed by atoms with Gasteiger partial charge in [0.25, 0.3) is 0 Å². The van der Waals surface area contributed by atoms with Crippen LogP contribution in [0.15, 0.2) is 12.3 Å². The van der Waals surface area contributed by atoms with Crippen LogP contribution in [0.4, 0.5) is 0 Å². The molecular weight excluding hydrogens is 242 g/mol. The summed E-state index contributed by atoms with van der Waals surface area (Å²) < 4.78 is 11.0. The minimum absolute atomic E-state index is 0.218. The minimum Gasteiger partial charge on any atom is -0.347 e. The highest BCUT2D eigenvalue weighted by atomic mass is 35.5. The van der Waals surface area contributed by atoms with Crippen molar-refractivity contribution >= 4 is 22.6 Å². The first kappa shape index (κ1) is 12.3. The number of nitrogens with zero attached hydrogens (tertiary/aromatic N) is 2. The molecular formula is C11H14ClN3O2. The van der Waals surface area contributed by atoms with Gasteiger partial charge in [-0.1, -0.05) is 0 Å². The van der Waals surface area contributed by atoms with Gasteiger partial charge in [-0.2, -0.15) is 4.98 Å². The lowest BCUT2D eigenvalue weighted by atomic mass is 10.3. The zero-order chi connectivity index (χ0) is 12.3. The van der Waals surface area contributed by atoms with Crippen LogP contribution in [0.2, 0.25) is 5.28 Å². The largest absolute Gasteiger partial charge is 0.347 e. The Hall–Kier alpha value is -1.17. The maximum absolute atomic E-state index is 5.73. The number of aromatic nitrogens is 3. The number of rotatable bonds is 5. The quantitative estimate of drug-likeness (QED) is 0.659. The van der Waals surface area contributed by atoms with E-state index in [0.29, 0.717) is 18.9 Å². The molecule has 92 valence electrons. The van der Waals surface area contributed by atoms with Crippen LogP contribution in [0.25, 0.3) is 11.0 Å². The summed E-state index contributed by atoms with van der Waals surface area (Å²) in [5.74, 6) is 0. The van der Waals surface area contributed by atoms with Crippen molar-refractivity contribution in [3.63, 3.8) is 0 Å². The number of ether oxygens (including phenoxy) is 2. The van der Waals surface area contributed by atoms with E-state index in [9.17, 15) is 0 Å². The van der Waals surface area contributed by atoms with Crippen molar-refractivity contribution in [2.75, 3.05) is 13.2 Å². The number of fused-ring (bicyclic) bond motifs is 1. The molecule has 0 saturated carbocycles. The van der Waals surface area contributed by atoms with E-state index in [4.69, 9.17) is 21.1 Å². The van der Waals surface area contributed by atoms with E-state index in [1.807, 2.05) is 19.9 Å². The number of halogens is 1. The predicted octanol–water partition coefficient (Wildman–Crippen LogP) is 2.68. The average Bonchev–Trinajstić information content (AvgIpc) is 2.71. The highest BCUT2D eigenvalue weighted by Crippen LogP contribution is 2.22. The molecule has 0 atom stereocenters. The summed E-state index contributed by atoms with van der Waals surface area (Å²) in [5, 5.41) is 1.10. The van der Waals surface area contributed by atoms with Crippen LogP contribution in [0, 0.1) is 0 Å². The van der Waals surface area contributed by atoms with Crippen LogP contribution < -0.4 is 0 Å². The van der Waals surface area contributed by atoms with E-state index >= 15 is 0 Å². The van der Waals surface area contributed by atoms with Gasteiger partial charge in [0.2, 0.25) is 5.28 Å². The lowest BCUT2D eigenvalue weighted by Gasteiger charge is -2.14. The predicted molar refractivity (Wildman–Crippen MR) is 64.9 cm³/mol. The van der Waals surface area contributed by atoms with E-state index in [0.717, 1.165) is 11.1 Å². The molecule has 2 aromatic rings. The Labute approximate surface area is 104 Å². The maximum atomic E-state index is 5.73. The van der Waals surface area contributed by atoms with E-state index < -0.39 is 6.29 Å². The second kappa shape index (κ2) is 5.44. The Kier molecular flexibility index (Phi) is 3.93. The zero-order valence-electron chi connectivity index (χ0n) is 9.74. The number of nitrogens with one attached hydrogen (secondary N) is 1. The van der Waals surface area contributed by atoms with Gasteiger partial charge in [0, 0.05) is 24.8 Å². The van der Waals surface area contributed by atoms with E-state index in [1.165, 1.54) is 0 Å². The third-order valence-electron chi connectivity index (χ3n) is 2.25. The normalized spacial score (nSPS) is 11.5. The molecule has 2 rings (SSSR count). The summed E-state index contributed by atoms with van der Waals surface area (Å²) in [6, 6.07) is 1.90. The fraction of sp³-hybridized carbons (Fsp3) is 0.455. The van der Waals surface area contributed by atoms with Crippen LogP contribution in [0.5, 0.6) is 0 Å². The van der Waals surface area contributed by atoms with E-state index in [2.05, 4.69) is 15.0 Å². The first-order valence-corrected chi connectivity index (χ1v) is 5.86. The SMILES string of the molecule is CCOC(OCC)c1cc2cnc(Cl)nc2[nH]1. The summed E-state index contributed by atoms with van der Waals surface area (Å²) in [6.45, 7) is 5.00. The van der Waals surface area contributed by atoms with Gasteiger partial charge in [-0.3, -0.25) is 0 Å². The summed E-state index contributed by atoms with van der Waals surface area (Å²) in [6.07, 6.45) is 1.26. The van der Waals surface area contributed by atoms with Crippen molar-refractivity contribution in [3.8, 4) is 0 Å². The molecule has 0 radical (unpaired) electrons. The molecule has 5 nitrogen and oxygen atoms in total. The topological polar surface area (TPSA) is 60.0 Å². The first-order chi connectivity index (χ1) is 8.24. The molecule has 0 aliphatic heterocycles. The van der Waals surface area contributed by atoms with Gasteiger partial charge in [-0.05, 0) is 31.5 Å². The second-order valence-electron chi connectivity index (χ2n) is 3.41. The molecule has 6 heteroatoms. The van der Waals surface area contributed by atoms with Gasteiger partial charge in [0.05, 0.1) is 5.69 Å². The summed E-state index contributed by atoms with van der Waals surface area (Å²) in [4.78, 5) is 11.1. The number of H-pyrrole nitrogens is 1. The molecule has 0 saturated heterocycles. The van der Waals surface area contributed by atoms with Gasteiger partial charge in [-0.25, -0.2) is 4.98 Å². The van der Waals surface area contributed by atoms with Gasteiger partial charge < -0.3 is 14.5 Å². The Morgan fingerprint density at radius 3 is 2.71 bits per heavy atom. The van der Waals surface area contributed by atoms with Crippen molar-refractivity contribution in [3.05, 3.63) is 23.2 Å². The molecule has 0 fully saturated rings. The summed E-state index contributed by atoms with van der Waals surface area (Å²) >= 11 is 5.73. The van der Waals surface area contributed by atoms with Crippen molar-refractivity contribution in [1.82, 2.24) is 15.0 Å². The molecule has 0 aliphatic rings. The lowest BCUT2D eigenvalue weighted by molar-refractivity contribution is -0.142. The van der Waals surface area contributed by atoms with Crippen LogP contribution in [-0.2, 0) is 9.47 Å². The fourth-order valence-corrected chi connectivity index (χ4v) is 1.71. The van der Waals surface area contributed by atoms with Gasteiger partial charge in [0.1, 0.15) is 5.65 Å². The molecule has 0 amide bonds. The highest BCUT2D eigenvalue weighted by molar-refractivity contribution is 6.28. The molecule has 2 aromatic heterocycles. The van der Waals surface area contributed by atoms with Gasteiger partial charge in [-0.15, -0.1) is 0 Å². The first-order valence-electron chi connectivity index (χ1n) is 5.49. The Balaban J connectivity index is 2.33. The Bertz CT molecular complexity index is 494. The van der Waals surface area contributed by atoms with Gasteiger partial charge in [0.15, 0.2) is 6.29 Å². The molecule has 17 heavy (non-hydrogen) atoms. The third kappa shape index (κ3) is 2.74. The zero-order valence-corrected chi connectivity index (χ0v) is 10.5. The number of aromatic amines is 1. The summed E-state index contributed by atoms with van der Waals surface area (Å²) in [5.41, 5.74) is 1.50. The maximum Gasteiger partial charge on any atom is 0.224 e. The van der Waals surface area contributed by atoms with Gasteiger partial charge >= 0.3 is 0 Å². The molecule has 1 N–H and O–H groups in total. The number of hydrogen-bond donors (Lipinski definition) is 1. The molecule has 0 aliphatic carbocycles. The molecule has 0 bridgehead atoms. The van der Waals surface area contributed by atoms with Crippen LogP contribution in [-0.4, -0.2) is 28.2 Å². The molecule has 0 unspecified atom stereocenters. The average molecular weight is 256 g/mol. The fourth-order valence-electron chi connectivity index (χ4n) is 1.57. The highest BCUT2D eigenvalue weighted by Gasteiger charge is 2.14. The smallest absolute Gasteiger partial charge is 0.224 e. The van der Waals surface area contributed by atoms with E-state index in [-0.39, 0.29) is 5.28 Å². The van der Waals surface area contributed by atoms with Crippen LogP contribution in [0.3, 0.4) is 0 Å². The second-order valence-corrected chi connectivity index (χ2v) is 3.75. The van der Waals surface area contributed by atoms with Crippen LogP contribution in [0.1, 0.15) is 25.8 Å². The minimum atomic E-state index is -0.405. The summed E-state index contributed by atoms with van der Waals surface area (Å²) in [7, 11) is 0. The molecule has 0 spiro atoms. The Morgan fingerprint density at radius 1 is 1.35 bits per heavy atom. The molecule has 2 heterocycles. The molecule has 0 aromatic carbocycles. The lowest BCUT2D eigenvalue weighted by Crippen LogP contribution is -2.09. The van der Waals surface area contributed by atoms with Crippen LogP contribution >= 0.6 is 11.6 Å². The number of hydrogen-bond acceptors (Lipinski definition) is 4. The van der Waals surface area contributed by atoms with Crippen molar-refractivity contribution in [1.29, 1.82) is 0 Å². The standard InChI is InChI=1S/C11H14ClN3O2/c1-3-16-10(17-4-2)8-5-7-6-13-11(12)15-9(7)14-8/h5-6,10H,3-4H2,1-2H3,(H,13,14,15). The monoisotopic (exact) mass is 255 g/mol. The van der Waals surface area contributed by atoms with Crippen molar-refractivity contribution < 1.29 is 9.47 Å².